The van der Waals surface area contributed by atoms with E-state index in [1.54, 1.807) is 42.0 Å². The molecule has 3 aromatic rings. The van der Waals surface area contributed by atoms with Crippen LogP contribution in [0.5, 0.6) is 11.5 Å². The Labute approximate surface area is 184 Å². The molecule has 1 amide bonds. The zero-order valence-electron chi connectivity index (χ0n) is 17.9. The van der Waals surface area contributed by atoms with E-state index in [0.717, 1.165) is 35.2 Å². The van der Waals surface area contributed by atoms with Crippen LogP contribution in [-0.2, 0) is 16.1 Å². The third-order valence-electron chi connectivity index (χ3n) is 4.72. The number of hydrogen-bond acceptors (Lipinski definition) is 6. The molecule has 0 aliphatic carbocycles. The van der Waals surface area contributed by atoms with E-state index in [1.165, 1.54) is 18.4 Å². The second kappa shape index (κ2) is 10.8. The fraction of sp³-hybridized carbons (Fsp3) is 0.348. The van der Waals surface area contributed by atoms with E-state index >= 15 is 0 Å². The predicted molar refractivity (Wildman–Crippen MR) is 120 cm³/mol. The zero-order chi connectivity index (χ0) is 22.2. The monoisotopic (exact) mass is 442 g/mol. The van der Waals surface area contributed by atoms with E-state index < -0.39 is 11.9 Å². The number of carbonyl (C=O) groups excluding carboxylic acids is 2. The minimum absolute atomic E-state index is 0.0422. The van der Waals surface area contributed by atoms with Crippen LogP contribution < -0.4 is 14.3 Å². The third kappa shape index (κ3) is 5.73. The van der Waals surface area contributed by atoms with Gasteiger partial charge in [0.1, 0.15) is 18.0 Å². The Kier molecular flexibility index (Phi) is 7.83. The van der Waals surface area contributed by atoms with Gasteiger partial charge in [0, 0.05) is 5.56 Å². The summed E-state index contributed by atoms with van der Waals surface area (Å²) in [4.78, 5) is 29.4. The first-order chi connectivity index (χ1) is 15.0. The van der Waals surface area contributed by atoms with Gasteiger partial charge in [-0.05, 0) is 48.9 Å². The average molecular weight is 443 g/mol. The van der Waals surface area contributed by atoms with E-state index in [4.69, 9.17) is 14.2 Å². The van der Waals surface area contributed by atoms with Crippen molar-refractivity contribution in [3.05, 3.63) is 52.8 Å². The van der Waals surface area contributed by atoms with Gasteiger partial charge in [-0.15, -0.1) is 0 Å². The van der Waals surface area contributed by atoms with Crippen molar-refractivity contribution >= 4 is 33.4 Å². The number of thiazole rings is 1. The minimum atomic E-state index is -0.422. The summed E-state index contributed by atoms with van der Waals surface area (Å²) in [5, 5.41) is 0. The average Bonchev–Trinajstić information content (AvgIpc) is 3.12. The van der Waals surface area contributed by atoms with Gasteiger partial charge >= 0.3 is 5.97 Å². The lowest BCUT2D eigenvalue weighted by Gasteiger charge is -2.06. The smallest absolute Gasteiger partial charge is 0.325 e. The number of fused-ring (bicyclic) bond motifs is 1. The highest BCUT2D eigenvalue weighted by Gasteiger charge is 2.13. The third-order valence-corrected chi connectivity index (χ3v) is 5.76. The number of unbranched alkanes of at least 4 members (excludes halogenated alkanes) is 2. The molecule has 0 fully saturated rings. The first-order valence-electron chi connectivity index (χ1n) is 10.1. The van der Waals surface area contributed by atoms with Crippen molar-refractivity contribution in [1.29, 1.82) is 0 Å². The SMILES string of the molecule is CCCCCOc1ccc(C(=O)N=c2sc3cc(OC)ccc3n2CC(=O)OC)cc1. The first kappa shape index (κ1) is 22.6. The molecule has 0 saturated carbocycles. The largest absolute Gasteiger partial charge is 0.497 e. The van der Waals surface area contributed by atoms with Gasteiger partial charge in [-0.3, -0.25) is 9.59 Å². The first-order valence-corrected chi connectivity index (χ1v) is 10.9. The van der Waals surface area contributed by atoms with Gasteiger partial charge in [0.25, 0.3) is 5.91 Å². The molecule has 7 nitrogen and oxygen atoms in total. The number of aromatic nitrogens is 1. The Morgan fingerprint density at radius 3 is 2.45 bits per heavy atom. The van der Waals surface area contributed by atoms with Gasteiger partial charge in [0.2, 0.25) is 0 Å². The van der Waals surface area contributed by atoms with Gasteiger partial charge in [-0.2, -0.15) is 4.99 Å². The molecule has 0 aliphatic rings. The second-order valence-electron chi connectivity index (χ2n) is 6.88. The topological polar surface area (TPSA) is 79.1 Å². The molecule has 1 aromatic heterocycles. The molecule has 0 bridgehead atoms. The van der Waals surface area contributed by atoms with Crippen molar-refractivity contribution in [3.63, 3.8) is 0 Å². The summed E-state index contributed by atoms with van der Waals surface area (Å²) >= 11 is 1.31. The molecule has 0 unspecified atom stereocenters. The van der Waals surface area contributed by atoms with Crippen molar-refractivity contribution in [2.45, 2.75) is 32.7 Å². The zero-order valence-corrected chi connectivity index (χ0v) is 18.7. The maximum Gasteiger partial charge on any atom is 0.325 e. The van der Waals surface area contributed by atoms with Gasteiger partial charge in [-0.1, -0.05) is 31.1 Å². The molecule has 1 heterocycles. The van der Waals surface area contributed by atoms with Gasteiger partial charge in [0.15, 0.2) is 4.80 Å². The summed E-state index contributed by atoms with van der Waals surface area (Å²) < 4.78 is 18.3. The van der Waals surface area contributed by atoms with Gasteiger partial charge in [-0.25, -0.2) is 0 Å². The van der Waals surface area contributed by atoms with Crippen LogP contribution in [0, 0.1) is 0 Å². The number of ether oxygens (including phenoxy) is 3. The van der Waals surface area contributed by atoms with E-state index in [9.17, 15) is 9.59 Å². The summed E-state index contributed by atoms with van der Waals surface area (Å²) in [6.45, 7) is 2.76. The van der Waals surface area contributed by atoms with E-state index in [2.05, 4.69) is 11.9 Å². The number of benzene rings is 2. The van der Waals surface area contributed by atoms with Crippen LogP contribution in [-0.4, -0.2) is 37.3 Å². The molecular weight excluding hydrogens is 416 g/mol. The lowest BCUT2D eigenvalue weighted by Crippen LogP contribution is -2.22. The molecule has 0 N–H and O–H groups in total. The highest BCUT2D eigenvalue weighted by molar-refractivity contribution is 7.16. The molecule has 3 rings (SSSR count). The Bertz CT molecular complexity index is 1120. The Morgan fingerprint density at radius 1 is 1.03 bits per heavy atom. The van der Waals surface area contributed by atoms with Crippen LogP contribution in [0.3, 0.4) is 0 Å². The normalized spacial score (nSPS) is 11.5. The maximum atomic E-state index is 12.8. The minimum Gasteiger partial charge on any atom is -0.497 e. The Hall–Kier alpha value is -3.13. The Balaban J connectivity index is 1.88. The van der Waals surface area contributed by atoms with Crippen molar-refractivity contribution in [2.75, 3.05) is 20.8 Å². The van der Waals surface area contributed by atoms with E-state index in [-0.39, 0.29) is 6.54 Å². The fourth-order valence-electron chi connectivity index (χ4n) is 3.00. The summed E-state index contributed by atoms with van der Waals surface area (Å²) in [7, 11) is 2.91. The van der Waals surface area contributed by atoms with Gasteiger partial charge < -0.3 is 18.8 Å². The molecule has 2 aromatic carbocycles. The van der Waals surface area contributed by atoms with Crippen LogP contribution in [0.25, 0.3) is 10.2 Å². The van der Waals surface area contributed by atoms with Crippen LogP contribution in [0.1, 0.15) is 36.5 Å². The van der Waals surface area contributed by atoms with Crippen LogP contribution >= 0.6 is 11.3 Å². The molecule has 164 valence electrons. The number of rotatable bonds is 9. The fourth-order valence-corrected chi connectivity index (χ4v) is 4.06. The Morgan fingerprint density at radius 2 is 1.77 bits per heavy atom. The summed E-state index contributed by atoms with van der Waals surface area (Å²) in [6, 6.07) is 12.4. The number of carbonyl (C=O) groups is 2. The number of nitrogens with zero attached hydrogens (tertiary/aromatic N) is 2. The van der Waals surface area contributed by atoms with Crippen LogP contribution in [0.4, 0.5) is 0 Å². The molecule has 0 atom stereocenters. The summed E-state index contributed by atoms with van der Waals surface area (Å²) in [5.74, 6) is 0.595. The predicted octanol–water partition coefficient (Wildman–Crippen LogP) is 4.19. The molecule has 0 saturated heterocycles. The van der Waals surface area contributed by atoms with Gasteiger partial charge in [0.05, 0.1) is 31.0 Å². The van der Waals surface area contributed by atoms with Crippen molar-refractivity contribution in [1.82, 2.24) is 4.57 Å². The quantitative estimate of drug-likeness (QED) is 0.367. The molecule has 0 aliphatic heterocycles. The van der Waals surface area contributed by atoms with Crippen molar-refractivity contribution in [2.24, 2.45) is 4.99 Å². The summed E-state index contributed by atoms with van der Waals surface area (Å²) in [5.41, 5.74) is 1.22. The molecule has 0 radical (unpaired) electrons. The number of hydrogen-bond donors (Lipinski definition) is 0. The lowest BCUT2D eigenvalue weighted by molar-refractivity contribution is -0.141. The molecule has 0 spiro atoms. The highest BCUT2D eigenvalue weighted by Crippen LogP contribution is 2.23. The second-order valence-corrected chi connectivity index (χ2v) is 7.89. The maximum absolute atomic E-state index is 12.8. The molecule has 8 heteroatoms. The highest BCUT2D eigenvalue weighted by atomic mass is 32.1. The number of methoxy groups -OCH3 is 2. The van der Waals surface area contributed by atoms with Crippen molar-refractivity contribution in [3.8, 4) is 11.5 Å². The van der Waals surface area contributed by atoms with Crippen molar-refractivity contribution < 1.29 is 23.8 Å². The lowest BCUT2D eigenvalue weighted by atomic mass is 10.2. The number of esters is 1. The van der Waals surface area contributed by atoms with Crippen LogP contribution in [0.2, 0.25) is 0 Å². The van der Waals surface area contributed by atoms with Crippen LogP contribution in [0.15, 0.2) is 47.5 Å². The number of amides is 1. The van der Waals surface area contributed by atoms with E-state index in [1.807, 2.05) is 12.1 Å². The summed E-state index contributed by atoms with van der Waals surface area (Å²) in [6.07, 6.45) is 3.27. The molecule has 31 heavy (non-hydrogen) atoms. The molecular formula is C23H26N2O5S. The standard InChI is InChI=1S/C23H26N2O5S/c1-4-5-6-13-30-17-9-7-16(8-10-17)22(27)24-23-25(15-21(26)29-3)19-12-11-18(28-2)14-20(19)31-23/h7-12,14H,4-6,13,15H2,1-3H3. The van der Waals surface area contributed by atoms with E-state index in [0.29, 0.717) is 22.7 Å².